The molecule has 2 N–H and O–H groups in total. The Bertz CT molecular complexity index is 3260. The van der Waals surface area contributed by atoms with Crippen LogP contribution in [0.2, 0.25) is 0 Å². The molecule has 3 fully saturated rings. The fourth-order valence-corrected chi connectivity index (χ4v) is 11.4. The topological polar surface area (TPSA) is 147 Å². The van der Waals surface area contributed by atoms with E-state index in [-0.39, 0.29) is 60.5 Å². The number of anilines is 1. The van der Waals surface area contributed by atoms with Crippen LogP contribution in [0.3, 0.4) is 0 Å². The number of halogens is 1. The summed E-state index contributed by atoms with van der Waals surface area (Å²) in [5, 5.41) is 4.43. The van der Waals surface area contributed by atoms with Gasteiger partial charge in [-0.2, -0.15) is 0 Å². The van der Waals surface area contributed by atoms with Crippen molar-refractivity contribution in [3.8, 4) is 22.3 Å². The van der Waals surface area contributed by atoms with Gasteiger partial charge in [0.25, 0.3) is 5.56 Å². The second-order valence-corrected chi connectivity index (χ2v) is 21.4. The molecule has 0 spiro atoms. The van der Waals surface area contributed by atoms with Gasteiger partial charge in [-0.25, -0.2) is 23.9 Å². The lowest BCUT2D eigenvalue weighted by atomic mass is 9.86. The van der Waals surface area contributed by atoms with Crippen LogP contribution >= 0.6 is 0 Å². The zero-order valence-electron chi connectivity index (χ0n) is 42.4. The van der Waals surface area contributed by atoms with E-state index in [9.17, 15) is 14.4 Å². The molecule has 2 amide bonds. The molecule has 3 atom stereocenters. The van der Waals surface area contributed by atoms with Crippen molar-refractivity contribution < 1.29 is 28.2 Å². The zero-order valence-corrected chi connectivity index (χ0v) is 42.4. The summed E-state index contributed by atoms with van der Waals surface area (Å²) in [7, 11) is 1.73. The largest absolute Gasteiger partial charge is 0.449 e. The minimum absolute atomic E-state index is 0.0190. The molecule has 3 aromatic heterocycles. The maximum atomic E-state index is 16.9. The Morgan fingerprint density at radius 2 is 1.52 bits per heavy atom. The lowest BCUT2D eigenvalue weighted by Gasteiger charge is -2.49. The van der Waals surface area contributed by atoms with Crippen LogP contribution < -0.4 is 15.8 Å². The molecule has 15 heteroatoms. The number of fused-ring (bicyclic) bond motifs is 5. The number of benzene rings is 4. The normalized spacial score (nSPS) is 19.4. The molecule has 5 heterocycles. The lowest BCUT2D eigenvalue weighted by Crippen LogP contribution is -2.62. The number of nitrogens with one attached hydrogen (secondary N) is 2. The molecule has 73 heavy (non-hydrogen) atoms. The molecule has 11 rings (SSSR count). The number of carbonyl (C=O) groups excluding carboxylic acids is 2. The van der Waals surface area contributed by atoms with Crippen LogP contribution in [0.1, 0.15) is 88.6 Å². The van der Waals surface area contributed by atoms with Gasteiger partial charge in [0.2, 0.25) is 5.95 Å². The van der Waals surface area contributed by atoms with Gasteiger partial charge in [0.1, 0.15) is 23.5 Å². The maximum Gasteiger partial charge on any atom is 0.410 e. The highest BCUT2D eigenvalue weighted by molar-refractivity contribution is 5.97. The molecule has 1 saturated carbocycles. The number of piperazine rings is 1. The summed E-state index contributed by atoms with van der Waals surface area (Å²) in [6.07, 6.45) is 5.56. The highest BCUT2D eigenvalue weighted by Crippen LogP contribution is 2.46. The van der Waals surface area contributed by atoms with Crippen LogP contribution in [-0.2, 0) is 26.9 Å². The SMILES string of the molecule is C[C@@H]1CN(C2CCN(c3nc(C(CNC(=O)OCC4c5ccccc5-c5ccccc54)(OC4CC4)c4ccccc4F)c4cc(-c5cn(C)c(=O)c6[nH]ccc56)ccc4n3)CC2)[C@@H](C)CN1C(=O)OC(C)(C)C. The minimum atomic E-state index is -1.66. The van der Waals surface area contributed by atoms with Crippen LogP contribution in [0.5, 0.6) is 0 Å². The van der Waals surface area contributed by atoms with E-state index in [4.69, 9.17) is 24.2 Å². The average molecular weight is 987 g/mol. The molecule has 2 aliphatic carbocycles. The first kappa shape index (κ1) is 48.2. The van der Waals surface area contributed by atoms with Crippen molar-refractivity contribution in [2.45, 2.75) is 102 Å². The Balaban J connectivity index is 0.958. The Morgan fingerprint density at radius 1 is 0.822 bits per heavy atom. The summed E-state index contributed by atoms with van der Waals surface area (Å²) in [4.78, 5) is 61.1. The summed E-state index contributed by atoms with van der Waals surface area (Å²) in [5.74, 6) is -0.197. The first-order valence-corrected chi connectivity index (χ1v) is 25.7. The zero-order chi connectivity index (χ0) is 50.8. The molecule has 4 aromatic carbocycles. The standard InChI is InChI=1S/C58H63FN8O6/c1-35-31-67(56(70)73-57(3,4)5)36(2)30-66(35)38-24-27-65(28-25-38)54-62-50-22-19-37(46-32-64(6)53(68)51-44(46)23-26-60-51)29-45(50)52(63-54)58(72-39-20-21-39,48-17-11-12-18-49(48)59)34-61-55(69)71-33-47-42-15-9-7-13-40(42)41-14-8-10-16-43(41)47/h7-19,22-23,26,29,32,35-36,38-39,47,60H,20-21,24-25,27-28,30-31,33-34H2,1-6H3,(H,61,69)/t35-,36+,58?/m0/s1. The molecule has 4 aliphatic rings. The number of H-pyrrole nitrogens is 1. The second-order valence-electron chi connectivity index (χ2n) is 21.4. The number of hydrogen-bond acceptors (Lipinski definition) is 10. The summed E-state index contributed by atoms with van der Waals surface area (Å²) in [6.45, 7) is 12.4. The molecular formula is C58H63FN8O6. The number of aromatic amines is 1. The van der Waals surface area contributed by atoms with Crippen molar-refractivity contribution in [1.82, 2.24) is 34.6 Å². The van der Waals surface area contributed by atoms with Gasteiger partial charge < -0.3 is 38.9 Å². The quantitative estimate of drug-likeness (QED) is 0.128. The van der Waals surface area contributed by atoms with Crippen LogP contribution in [0.4, 0.5) is 19.9 Å². The molecule has 378 valence electrons. The molecule has 1 unspecified atom stereocenters. The summed E-state index contributed by atoms with van der Waals surface area (Å²) >= 11 is 0. The van der Waals surface area contributed by atoms with Gasteiger partial charge in [-0.3, -0.25) is 9.69 Å². The van der Waals surface area contributed by atoms with Crippen LogP contribution in [0.25, 0.3) is 44.1 Å². The van der Waals surface area contributed by atoms with Gasteiger partial charge >= 0.3 is 12.2 Å². The van der Waals surface area contributed by atoms with Gasteiger partial charge in [-0.1, -0.05) is 72.8 Å². The number of rotatable bonds is 11. The molecule has 7 aromatic rings. The highest BCUT2D eigenvalue weighted by Gasteiger charge is 2.47. The summed E-state index contributed by atoms with van der Waals surface area (Å²) < 4.78 is 37.5. The molecule has 14 nitrogen and oxygen atoms in total. The Hall–Kier alpha value is -7.10. The van der Waals surface area contributed by atoms with Gasteiger partial charge in [0.05, 0.1) is 23.9 Å². The van der Waals surface area contributed by atoms with Crippen molar-refractivity contribution in [1.29, 1.82) is 0 Å². The molecule has 0 radical (unpaired) electrons. The third-order valence-corrected chi connectivity index (χ3v) is 15.2. The van der Waals surface area contributed by atoms with Crippen LogP contribution in [0, 0.1) is 5.82 Å². The van der Waals surface area contributed by atoms with Crippen molar-refractivity contribution in [3.05, 3.63) is 148 Å². The fourth-order valence-electron chi connectivity index (χ4n) is 11.4. The Kier molecular flexibility index (Phi) is 12.6. The van der Waals surface area contributed by atoms with E-state index < -0.39 is 23.1 Å². The van der Waals surface area contributed by atoms with Gasteiger partial charge in [0.15, 0.2) is 5.60 Å². The third-order valence-electron chi connectivity index (χ3n) is 15.2. The monoisotopic (exact) mass is 986 g/mol. The van der Waals surface area contributed by atoms with Gasteiger partial charge in [0, 0.05) is 91.6 Å². The lowest BCUT2D eigenvalue weighted by molar-refractivity contribution is -0.0336. The highest BCUT2D eigenvalue weighted by atomic mass is 19.1. The van der Waals surface area contributed by atoms with Crippen LogP contribution in [0.15, 0.2) is 114 Å². The number of aryl methyl sites for hydroxylation is 1. The third kappa shape index (κ3) is 9.22. The second kappa shape index (κ2) is 19.1. The molecule has 2 saturated heterocycles. The van der Waals surface area contributed by atoms with E-state index in [0.717, 1.165) is 71.0 Å². The predicted octanol–water partition coefficient (Wildman–Crippen LogP) is 9.88. The number of carbonyl (C=O) groups is 2. The van der Waals surface area contributed by atoms with E-state index in [0.29, 0.717) is 47.7 Å². The van der Waals surface area contributed by atoms with Crippen molar-refractivity contribution in [3.63, 3.8) is 0 Å². The minimum Gasteiger partial charge on any atom is -0.449 e. The first-order chi connectivity index (χ1) is 35.2. The predicted molar refractivity (Wildman–Crippen MR) is 280 cm³/mol. The van der Waals surface area contributed by atoms with Gasteiger partial charge in [-0.15, -0.1) is 0 Å². The number of aromatic nitrogens is 4. The van der Waals surface area contributed by atoms with E-state index >= 15 is 4.39 Å². The maximum absolute atomic E-state index is 16.9. The number of pyridine rings is 1. The first-order valence-electron chi connectivity index (χ1n) is 25.7. The number of piperidine rings is 1. The number of alkyl carbamates (subject to hydrolysis) is 1. The number of nitrogens with zero attached hydrogens (tertiary/aromatic N) is 6. The van der Waals surface area contributed by atoms with Gasteiger partial charge in [-0.05, 0) is 112 Å². The van der Waals surface area contributed by atoms with E-state index in [1.165, 1.54) is 6.07 Å². The summed E-state index contributed by atoms with van der Waals surface area (Å²) in [6, 6.07) is 31.1. The Morgan fingerprint density at radius 3 is 2.22 bits per heavy atom. The molecule has 2 aliphatic heterocycles. The Labute approximate surface area is 424 Å². The summed E-state index contributed by atoms with van der Waals surface area (Å²) in [5.41, 5.74) is 5.37. The smallest absolute Gasteiger partial charge is 0.410 e. The van der Waals surface area contributed by atoms with Crippen molar-refractivity contribution in [2.75, 3.05) is 44.2 Å². The van der Waals surface area contributed by atoms with E-state index in [2.05, 4.69) is 58.2 Å². The number of amides is 2. The van der Waals surface area contributed by atoms with E-state index in [1.807, 2.05) is 80.4 Å². The fraction of sp³-hybridized carbons (Fsp3) is 0.397. The van der Waals surface area contributed by atoms with Crippen molar-refractivity contribution >= 4 is 39.9 Å². The molecule has 0 bridgehead atoms. The van der Waals surface area contributed by atoms with Crippen molar-refractivity contribution in [2.24, 2.45) is 7.05 Å². The van der Waals surface area contributed by atoms with E-state index in [1.54, 1.807) is 36.0 Å². The van der Waals surface area contributed by atoms with Crippen LogP contribution in [-0.4, -0.2) is 111 Å². The molecular weight excluding hydrogens is 924 g/mol. The average Bonchev–Trinajstić information content (AvgIpc) is 3.95. The number of hydrogen-bond donors (Lipinski definition) is 2. The number of ether oxygens (including phenoxy) is 3.